The van der Waals surface area contributed by atoms with Gasteiger partial charge in [0.05, 0.1) is 16.7 Å². The number of nitrogen functional groups attached to an aromatic ring is 1. The second-order valence-electron chi connectivity index (χ2n) is 4.61. The van der Waals surface area contributed by atoms with E-state index in [-0.39, 0.29) is 0 Å². The zero-order valence-electron chi connectivity index (χ0n) is 11.0. The van der Waals surface area contributed by atoms with Crippen molar-refractivity contribution in [3.8, 4) is 0 Å². The number of nitrogens with zero attached hydrogens (tertiary/aromatic N) is 4. The molecular weight excluding hydrogens is 238 g/mol. The highest BCUT2D eigenvalue weighted by Gasteiger charge is 2.09. The van der Waals surface area contributed by atoms with Gasteiger partial charge in [0.1, 0.15) is 5.82 Å². The molecular formula is C14H15N5. The maximum Gasteiger partial charge on any atom is 0.220 e. The van der Waals surface area contributed by atoms with Crippen molar-refractivity contribution in [1.29, 1.82) is 0 Å². The molecule has 3 rings (SSSR count). The molecule has 0 unspecified atom stereocenters. The number of hydrogen-bond acceptors (Lipinski definition) is 4. The number of aromatic nitrogens is 4. The van der Waals surface area contributed by atoms with Crippen molar-refractivity contribution in [1.82, 2.24) is 19.5 Å². The summed E-state index contributed by atoms with van der Waals surface area (Å²) in [5.74, 6) is 1.28. The lowest BCUT2D eigenvalue weighted by Crippen LogP contribution is -2.04. The van der Waals surface area contributed by atoms with Gasteiger partial charge in [0.25, 0.3) is 0 Å². The highest BCUT2D eigenvalue weighted by atomic mass is 15.1. The van der Waals surface area contributed by atoms with Gasteiger partial charge < -0.3 is 10.3 Å². The zero-order chi connectivity index (χ0) is 13.4. The smallest absolute Gasteiger partial charge is 0.220 e. The summed E-state index contributed by atoms with van der Waals surface area (Å²) in [4.78, 5) is 13.0. The molecule has 0 aliphatic carbocycles. The number of imidazole rings is 1. The Morgan fingerprint density at radius 2 is 1.95 bits per heavy atom. The minimum absolute atomic E-state index is 0.314. The van der Waals surface area contributed by atoms with E-state index in [1.165, 1.54) is 0 Å². The lowest BCUT2D eigenvalue weighted by Gasteiger charge is -2.04. The van der Waals surface area contributed by atoms with Crippen LogP contribution in [0.5, 0.6) is 0 Å². The summed E-state index contributed by atoms with van der Waals surface area (Å²) in [6.45, 7) is 1.91. The number of anilines is 1. The topological polar surface area (TPSA) is 69.6 Å². The fraction of sp³-hybridized carbons (Fsp3) is 0.214. The van der Waals surface area contributed by atoms with E-state index in [0.29, 0.717) is 12.4 Å². The van der Waals surface area contributed by atoms with Crippen LogP contribution in [-0.2, 0) is 13.5 Å². The quantitative estimate of drug-likeness (QED) is 0.756. The van der Waals surface area contributed by atoms with Crippen molar-refractivity contribution in [2.75, 3.05) is 5.73 Å². The predicted octanol–water partition coefficient (Wildman–Crippen LogP) is 1.84. The maximum atomic E-state index is 5.68. The number of nitrogens with two attached hydrogens (primary N) is 1. The van der Waals surface area contributed by atoms with E-state index < -0.39 is 0 Å². The van der Waals surface area contributed by atoms with E-state index in [4.69, 9.17) is 5.73 Å². The Morgan fingerprint density at radius 3 is 2.68 bits per heavy atom. The van der Waals surface area contributed by atoms with Gasteiger partial charge in [-0.25, -0.2) is 15.0 Å². The van der Waals surface area contributed by atoms with Crippen molar-refractivity contribution >= 4 is 17.0 Å². The Balaban J connectivity index is 2.03. The Kier molecular flexibility index (Phi) is 2.67. The first-order valence-electron chi connectivity index (χ1n) is 6.14. The molecule has 2 heterocycles. The van der Waals surface area contributed by atoms with Gasteiger partial charge in [-0.3, -0.25) is 0 Å². The van der Waals surface area contributed by atoms with E-state index >= 15 is 0 Å². The summed E-state index contributed by atoms with van der Waals surface area (Å²) in [6, 6.07) is 10.0. The largest absolute Gasteiger partial charge is 0.368 e. The van der Waals surface area contributed by atoms with Gasteiger partial charge in [-0.1, -0.05) is 12.1 Å². The average molecular weight is 253 g/mol. The molecule has 0 radical (unpaired) electrons. The standard InChI is InChI=1S/C14H15N5/c1-9-7-10(17-14(15)16-9)8-13-18-11-5-3-4-6-12(11)19(13)2/h3-7H,8H2,1-2H3,(H2,15,16,17). The zero-order valence-corrected chi connectivity index (χ0v) is 11.0. The van der Waals surface area contributed by atoms with Gasteiger partial charge in [-0.2, -0.15) is 0 Å². The van der Waals surface area contributed by atoms with Gasteiger partial charge in [0.15, 0.2) is 0 Å². The van der Waals surface area contributed by atoms with Crippen LogP contribution < -0.4 is 5.73 Å². The number of para-hydroxylation sites is 2. The van der Waals surface area contributed by atoms with E-state index in [1.54, 1.807) is 0 Å². The second kappa shape index (κ2) is 4.35. The van der Waals surface area contributed by atoms with Crippen molar-refractivity contribution in [3.63, 3.8) is 0 Å². The second-order valence-corrected chi connectivity index (χ2v) is 4.61. The minimum atomic E-state index is 0.314. The van der Waals surface area contributed by atoms with Crippen LogP contribution >= 0.6 is 0 Å². The van der Waals surface area contributed by atoms with Crippen LogP contribution in [0.1, 0.15) is 17.2 Å². The molecule has 0 atom stereocenters. The number of hydrogen-bond donors (Lipinski definition) is 1. The van der Waals surface area contributed by atoms with Gasteiger partial charge in [-0.05, 0) is 25.1 Å². The minimum Gasteiger partial charge on any atom is -0.368 e. The van der Waals surface area contributed by atoms with Crippen LogP contribution in [0.3, 0.4) is 0 Å². The third-order valence-electron chi connectivity index (χ3n) is 3.14. The first kappa shape index (κ1) is 11.6. The van der Waals surface area contributed by atoms with Crippen LogP contribution in [0.2, 0.25) is 0 Å². The van der Waals surface area contributed by atoms with Gasteiger partial charge in [0.2, 0.25) is 5.95 Å². The molecule has 5 nitrogen and oxygen atoms in total. The third-order valence-corrected chi connectivity index (χ3v) is 3.14. The number of benzene rings is 1. The molecule has 0 saturated heterocycles. The van der Waals surface area contributed by atoms with Gasteiger partial charge >= 0.3 is 0 Å². The predicted molar refractivity (Wildman–Crippen MR) is 74.7 cm³/mol. The molecule has 0 amide bonds. The molecule has 0 spiro atoms. The molecule has 1 aromatic carbocycles. The van der Waals surface area contributed by atoms with E-state index in [9.17, 15) is 0 Å². The molecule has 2 N–H and O–H groups in total. The van der Waals surface area contributed by atoms with Gasteiger partial charge in [-0.15, -0.1) is 0 Å². The summed E-state index contributed by atoms with van der Waals surface area (Å²) >= 11 is 0. The highest BCUT2D eigenvalue weighted by Crippen LogP contribution is 2.16. The van der Waals surface area contributed by atoms with Crippen LogP contribution in [0.25, 0.3) is 11.0 Å². The van der Waals surface area contributed by atoms with Crippen LogP contribution in [0.15, 0.2) is 30.3 Å². The number of fused-ring (bicyclic) bond motifs is 1. The van der Waals surface area contributed by atoms with Crippen molar-refractivity contribution in [3.05, 3.63) is 47.5 Å². The van der Waals surface area contributed by atoms with Crippen molar-refractivity contribution in [2.45, 2.75) is 13.3 Å². The Bertz CT molecular complexity index is 724. The summed E-state index contributed by atoms with van der Waals surface area (Å²) in [5, 5.41) is 0. The lowest BCUT2D eigenvalue weighted by atomic mass is 10.2. The van der Waals surface area contributed by atoms with Crippen molar-refractivity contribution in [2.24, 2.45) is 7.05 Å². The number of aryl methyl sites for hydroxylation is 2. The molecule has 0 saturated carbocycles. The normalized spacial score (nSPS) is 11.1. The highest BCUT2D eigenvalue weighted by molar-refractivity contribution is 5.75. The lowest BCUT2D eigenvalue weighted by molar-refractivity contribution is 0.829. The molecule has 96 valence electrons. The summed E-state index contributed by atoms with van der Waals surface area (Å²) < 4.78 is 2.09. The van der Waals surface area contributed by atoms with Gasteiger partial charge in [0, 0.05) is 19.2 Å². The summed E-state index contributed by atoms with van der Waals surface area (Å²) in [6.07, 6.45) is 0.652. The fourth-order valence-corrected chi connectivity index (χ4v) is 2.26. The molecule has 0 fully saturated rings. The summed E-state index contributed by atoms with van der Waals surface area (Å²) in [7, 11) is 2.02. The molecule has 0 aliphatic rings. The molecule has 0 aliphatic heterocycles. The van der Waals surface area contributed by atoms with Crippen molar-refractivity contribution < 1.29 is 0 Å². The first-order chi connectivity index (χ1) is 9.13. The third kappa shape index (κ3) is 2.14. The SMILES string of the molecule is Cc1cc(Cc2nc3ccccc3n2C)nc(N)n1. The van der Waals surface area contributed by atoms with Crippen LogP contribution in [0.4, 0.5) is 5.95 Å². The molecule has 5 heteroatoms. The Hall–Kier alpha value is -2.43. The fourth-order valence-electron chi connectivity index (χ4n) is 2.26. The molecule has 2 aromatic heterocycles. The van der Waals surface area contributed by atoms with Crippen LogP contribution in [0, 0.1) is 6.92 Å². The summed E-state index contributed by atoms with van der Waals surface area (Å²) in [5.41, 5.74) is 9.57. The molecule has 19 heavy (non-hydrogen) atoms. The molecule has 0 bridgehead atoms. The van der Waals surface area contributed by atoms with E-state index in [2.05, 4.69) is 25.6 Å². The number of rotatable bonds is 2. The molecule has 3 aromatic rings. The van der Waals surface area contributed by atoms with E-state index in [0.717, 1.165) is 28.2 Å². The van der Waals surface area contributed by atoms with Crippen LogP contribution in [-0.4, -0.2) is 19.5 Å². The average Bonchev–Trinajstić information content (AvgIpc) is 2.66. The Morgan fingerprint density at radius 1 is 1.16 bits per heavy atom. The first-order valence-corrected chi connectivity index (χ1v) is 6.14. The monoisotopic (exact) mass is 253 g/mol. The maximum absolute atomic E-state index is 5.68. The van der Waals surface area contributed by atoms with E-state index in [1.807, 2.05) is 38.2 Å². The Labute approximate surface area is 111 Å².